The van der Waals surface area contributed by atoms with E-state index in [4.69, 9.17) is 10.5 Å². The number of esters is 1. The molecule has 1 aromatic carbocycles. The van der Waals surface area contributed by atoms with Crippen molar-refractivity contribution >= 4 is 28.6 Å². The third kappa shape index (κ3) is 6.07. The average molecular weight is 333 g/mol. The van der Waals surface area contributed by atoms with E-state index < -0.39 is 0 Å². The summed E-state index contributed by atoms with van der Waals surface area (Å²) < 4.78 is 5.25. The molecule has 88 valence electrons. The second-order valence-corrected chi connectivity index (χ2v) is 5.15. The van der Waals surface area contributed by atoms with Gasteiger partial charge < -0.3 is 10.5 Å². The van der Waals surface area contributed by atoms with Crippen LogP contribution in [0.25, 0.3) is 0 Å². The first-order valence-electron chi connectivity index (χ1n) is 5.27. The number of ether oxygens (including phenoxy) is 1. The molecule has 0 bridgehead atoms. The summed E-state index contributed by atoms with van der Waals surface area (Å²) in [5.41, 5.74) is 6.59. The van der Waals surface area contributed by atoms with E-state index in [1.165, 1.54) is 0 Å². The van der Waals surface area contributed by atoms with Crippen molar-refractivity contribution in [2.75, 3.05) is 0 Å². The smallest absolute Gasteiger partial charge is 0.306 e. The summed E-state index contributed by atoms with van der Waals surface area (Å²) in [4.78, 5) is 11.3. The van der Waals surface area contributed by atoms with Gasteiger partial charge in [0.2, 0.25) is 0 Å². The molecular formula is C12H16INO2. The Hall–Kier alpha value is -0.620. The van der Waals surface area contributed by atoms with E-state index in [0.29, 0.717) is 13.0 Å². The average Bonchev–Trinajstić information content (AvgIpc) is 2.27. The van der Waals surface area contributed by atoms with Crippen LogP contribution in [0.4, 0.5) is 0 Å². The standard InChI is InChI=1S/C12H16INO2/c13-11(14)7-4-8-12(15)16-9-10-5-2-1-3-6-10/h1-3,5-6,11H,4,7-9,14H2. The lowest BCUT2D eigenvalue weighted by Crippen LogP contribution is -2.11. The van der Waals surface area contributed by atoms with Crippen LogP contribution in [-0.2, 0) is 16.1 Å². The van der Waals surface area contributed by atoms with Crippen LogP contribution < -0.4 is 5.73 Å². The molecule has 0 aromatic heterocycles. The topological polar surface area (TPSA) is 52.3 Å². The Balaban J connectivity index is 2.16. The first-order valence-corrected chi connectivity index (χ1v) is 6.52. The van der Waals surface area contributed by atoms with Crippen molar-refractivity contribution in [2.45, 2.75) is 29.9 Å². The molecule has 2 N–H and O–H groups in total. The van der Waals surface area contributed by atoms with E-state index >= 15 is 0 Å². The van der Waals surface area contributed by atoms with E-state index in [1.54, 1.807) is 0 Å². The number of benzene rings is 1. The van der Waals surface area contributed by atoms with E-state index in [-0.39, 0.29) is 10.0 Å². The second kappa shape index (κ2) is 7.62. The zero-order valence-electron chi connectivity index (χ0n) is 9.06. The molecule has 0 saturated carbocycles. The quantitative estimate of drug-likeness (QED) is 0.377. The highest BCUT2D eigenvalue weighted by Crippen LogP contribution is 2.07. The molecule has 1 aromatic rings. The predicted octanol–water partition coefficient (Wildman–Crippen LogP) is 2.62. The van der Waals surface area contributed by atoms with Gasteiger partial charge in [-0.25, -0.2) is 0 Å². The van der Waals surface area contributed by atoms with Gasteiger partial charge in [-0.1, -0.05) is 52.9 Å². The fourth-order valence-electron chi connectivity index (χ4n) is 1.25. The van der Waals surface area contributed by atoms with Crippen LogP contribution in [0.5, 0.6) is 0 Å². The zero-order chi connectivity index (χ0) is 11.8. The van der Waals surface area contributed by atoms with E-state index in [2.05, 4.69) is 22.6 Å². The number of carbonyl (C=O) groups excluding carboxylic acids is 1. The van der Waals surface area contributed by atoms with Crippen LogP contribution in [0, 0.1) is 0 Å². The Bertz CT molecular complexity index is 314. The summed E-state index contributed by atoms with van der Waals surface area (Å²) in [5, 5.41) is 0. The molecule has 0 amide bonds. The fourth-order valence-corrected chi connectivity index (χ4v) is 1.69. The van der Waals surface area contributed by atoms with Crippen LogP contribution in [-0.4, -0.2) is 10.0 Å². The first kappa shape index (κ1) is 13.4. The van der Waals surface area contributed by atoms with E-state index in [1.807, 2.05) is 30.3 Å². The lowest BCUT2D eigenvalue weighted by atomic mass is 10.2. The van der Waals surface area contributed by atoms with Crippen molar-refractivity contribution in [1.82, 2.24) is 0 Å². The Kier molecular flexibility index (Phi) is 6.40. The Labute approximate surface area is 109 Å². The van der Waals surface area contributed by atoms with Crippen LogP contribution in [0.2, 0.25) is 0 Å². The van der Waals surface area contributed by atoms with Crippen molar-refractivity contribution in [2.24, 2.45) is 5.73 Å². The highest BCUT2D eigenvalue weighted by molar-refractivity contribution is 14.1. The molecule has 1 unspecified atom stereocenters. The van der Waals surface area contributed by atoms with Gasteiger partial charge in [-0.05, 0) is 18.4 Å². The molecule has 1 atom stereocenters. The summed E-state index contributed by atoms with van der Waals surface area (Å²) in [7, 11) is 0. The van der Waals surface area contributed by atoms with Crippen LogP contribution in [0.1, 0.15) is 24.8 Å². The number of rotatable bonds is 6. The summed E-state index contributed by atoms with van der Waals surface area (Å²) >= 11 is 2.15. The zero-order valence-corrected chi connectivity index (χ0v) is 11.2. The fraction of sp³-hybridized carbons (Fsp3) is 0.417. The van der Waals surface area contributed by atoms with E-state index in [0.717, 1.165) is 18.4 Å². The monoisotopic (exact) mass is 333 g/mol. The second-order valence-electron chi connectivity index (χ2n) is 3.55. The maximum absolute atomic E-state index is 11.3. The van der Waals surface area contributed by atoms with Gasteiger partial charge in [0.1, 0.15) is 6.61 Å². The molecule has 0 aliphatic rings. The molecule has 0 radical (unpaired) electrons. The lowest BCUT2D eigenvalue weighted by molar-refractivity contribution is -0.145. The number of alkyl halides is 1. The van der Waals surface area contributed by atoms with Gasteiger partial charge in [-0.15, -0.1) is 0 Å². The molecular weight excluding hydrogens is 317 g/mol. The molecule has 0 aliphatic heterocycles. The van der Waals surface area contributed by atoms with Gasteiger partial charge in [0.15, 0.2) is 0 Å². The van der Waals surface area contributed by atoms with Gasteiger partial charge in [-0.3, -0.25) is 4.79 Å². The van der Waals surface area contributed by atoms with Crippen molar-refractivity contribution in [1.29, 1.82) is 0 Å². The molecule has 0 saturated heterocycles. The Morgan fingerprint density at radius 2 is 2.06 bits per heavy atom. The maximum atomic E-state index is 11.3. The van der Waals surface area contributed by atoms with Gasteiger partial charge in [-0.2, -0.15) is 0 Å². The molecule has 0 spiro atoms. The summed E-state index contributed by atoms with van der Waals surface area (Å²) in [6, 6.07) is 9.67. The molecule has 4 heteroatoms. The minimum atomic E-state index is -0.152. The third-order valence-electron chi connectivity index (χ3n) is 2.10. The molecule has 0 heterocycles. The molecule has 16 heavy (non-hydrogen) atoms. The maximum Gasteiger partial charge on any atom is 0.306 e. The highest BCUT2D eigenvalue weighted by Gasteiger charge is 2.04. The van der Waals surface area contributed by atoms with Gasteiger partial charge >= 0.3 is 5.97 Å². The lowest BCUT2D eigenvalue weighted by Gasteiger charge is -2.05. The third-order valence-corrected chi connectivity index (χ3v) is 2.73. The van der Waals surface area contributed by atoms with Crippen molar-refractivity contribution in [3.63, 3.8) is 0 Å². The summed E-state index contributed by atoms with van der Waals surface area (Å²) in [6.07, 6.45) is 2.09. The van der Waals surface area contributed by atoms with Crippen molar-refractivity contribution in [3.8, 4) is 0 Å². The molecule has 0 aliphatic carbocycles. The minimum Gasteiger partial charge on any atom is -0.461 e. The van der Waals surface area contributed by atoms with Crippen molar-refractivity contribution in [3.05, 3.63) is 35.9 Å². The summed E-state index contributed by atoms with van der Waals surface area (Å²) in [5.74, 6) is -0.152. The van der Waals surface area contributed by atoms with Crippen LogP contribution >= 0.6 is 22.6 Å². The number of hydrogen-bond acceptors (Lipinski definition) is 3. The van der Waals surface area contributed by atoms with Gasteiger partial charge in [0.25, 0.3) is 0 Å². The predicted molar refractivity (Wildman–Crippen MR) is 72.1 cm³/mol. The number of halogens is 1. The van der Waals surface area contributed by atoms with Crippen molar-refractivity contribution < 1.29 is 9.53 Å². The highest BCUT2D eigenvalue weighted by atomic mass is 127. The molecule has 0 fully saturated rings. The first-order chi connectivity index (χ1) is 7.68. The van der Waals surface area contributed by atoms with Gasteiger partial charge in [0.05, 0.1) is 4.05 Å². The largest absolute Gasteiger partial charge is 0.461 e. The number of nitrogens with two attached hydrogens (primary N) is 1. The SMILES string of the molecule is NC(I)CCCC(=O)OCc1ccccc1. The van der Waals surface area contributed by atoms with E-state index in [9.17, 15) is 4.79 Å². The normalized spacial score (nSPS) is 12.1. The van der Waals surface area contributed by atoms with Crippen LogP contribution in [0.15, 0.2) is 30.3 Å². The molecule has 3 nitrogen and oxygen atoms in total. The Morgan fingerprint density at radius 3 is 2.69 bits per heavy atom. The summed E-state index contributed by atoms with van der Waals surface area (Å²) in [6.45, 7) is 0.357. The Morgan fingerprint density at radius 1 is 1.38 bits per heavy atom. The minimum absolute atomic E-state index is 0.125. The number of carbonyl (C=O) groups is 1. The molecule has 1 rings (SSSR count). The van der Waals surface area contributed by atoms with Crippen LogP contribution in [0.3, 0.4) is 0 Å². The number of hydrogen-bond donors (Lipinski definition) is 1. The van der Waals surface area contributed by atoms with Gasteiger partial charge in [0, 0.05) is 6.42 Å².